The van der Waals surface area contributed by atoms with Crippen LogP contribution in [0.2, 0.25) is 0 Å². The Morgan fingerprint density at radius 3 is 2.59 bits per heavy atom. The van der Waals surface area contributed by atoms with Gasteiger partial charge in [-0.2, -0.15) is 0 Å². The maximum Gasteiger partial charge on any atom is 0.165 e. The van der Waals surface area contributed by atoms with Crippen LogP contribution in [-0.4, -0.2) is 32.6 Å². The van der Waals surface area contributed by atoms with E-state index in [1.54, 1.807) is 12.1 Å². The summed E-state index contributed by atoms with van der Waals surface area (Å²) in [6.07, 6.45) is 1.85. The Hall–Kier alpha value is -1.13. The number of rotatable bonds is 6. The number of benzene rings is 1. The monoisotopic (exact) mass is 240 g/mol. The molecule has 0 aliphatic heterocycles. The third-order valence-electron chi connectivity index (χ3n) is 2.87. The summed E-state index contributed by atoms with van der Waals surface area (Å²) in [7, 11) is 5.45. The molecule has 96 valence electrons. The largest absolute Gasteiger partial charge is 0.494 e. The zero-order chi connectivity index (χ0) is 12.8. The Morgan fingerprint density at radius 1 is 1.41 bits per heavy atom. The highest BCUT2D eigenvalue weighted by Crippen LogP contribution is 2.27. The molecule has 0 amide bonds. The Labute approximate surface area is 102 Å². The van der Waals surface area contributed by atoms with Crippen molar-refractivity contribution in [2.24, 2.45) is 5.73 Å². The third-order valence-corrected chi connectivity index (χ3v) is 2.87. The summed E-state index contributed by atoms with van der Waals surface area (Å²) >= 11 is 0. The standard InChI is InChI=1S/C13H21FN2O/c1-16(2)12(5-4-8-15)10-6-7-13(17-3)11(14)9-10/h6-7,9,12H,4-5,8,15H2,1-3H3. The van der Waals surface area contributed by atoms with E-state index in [4.69, 9.17) is 10.5 Å². The molecule has 1 rings (SSSR count). The van der Waals surface area contributed by atoms with E-state index in [0.29, 0.717) is 6.54 Å². The Balaban J connectivity index is 2.90. The summed E-state index contributed by atoms with van der Waals surface area (Å²) in [6.45, 7) is 0.656. The van der Waals surface area contributed by atoms with Gasteiger partial charge in [-0.3, -0.25) is 0 Å². The molecule has 1 aromatic rings. The Morgan fingerprint density at radius 2 is 2.12 bits per heavy atom. The van der Waals surface area contributed by atoms with Crippen molar-refractivity contribution in [1.82, 2.24) is 4.90 Å². The quantitative estimate of drug-likeness (QED) is 0.828. The molecule has 1 unspecified atom stereocenters. The normalized spacial score (nSPS) is 12.8. The zero-order valence-electron chi connectivity index (χ0n) is 10.7. The molecule has 0 bridgehead atoms. The molecule has 0 saturated heterocycles. The van der Waals surface area contributed by atoms with Gasteiger partial charge >= 0.3 is 0 Å². The van der Waals surface area contributed by atoms with Gasteiger partial charge in [-0.15, -0.1) is 0 Å². The predicted octanol–water partition coefficient (Wildman–Crippen LogP) is 2.18. The highest BCUT2D eigenvalue weighted by molar-refractivity contribution is 5.31. The first kappa shape index (κ1) is 13.9. The maximum atomic E-state index is 13.6. The topological polar surface area (TPSA) is 38.5 Å². The van der Waals surface area contributed by atoms with Gasteiger partial charge < -0.3 is 15.4 Å². The van der Waals surface area contributed by atoms with E-state index in [9.17, 15) is 4.39 Å². The first-order valence-electron chi connectivity index (χ1n) is 5.80. The smallest absolute Gasteiger partial charge is 0.165 e. The van der Waals surface area contributed by atoms with Gasteiger partial charge in [0.2, 0.25) is 0 Å². The number of hydrogen-bond donors (Lipinski definition) is 1. The van der Waals surface area contributed by atoms with Crippen LogP contribution in [0.15, 0.2) is 18.2 Å². The summed E-state index contributed by atoms with van der Waals surface area (Å²) in [5.74, 6) is -0.0327. The van der Waals surface area contributed by atoms with Crippen molar-refractivity contribution >= 4 is 0 Å². The molecule has 1 atom stereocenters. The second-order valence-electron chi connectivity index (χ2n) is 4.30. The van der Waals surface area contributed by atoms with Crippen molar-refractivity contribution in [2.75, 3.05) is 27.7 Å². The predicted molar refractivity (Wildman–Crippen MR) is 67.7 cm³/mol. The van der Waals surface area contributed by atoms with E-state index >= 15 is 0 Å². The molecule has 0 radical (unpaired) electrons. The maximum absolute atomic E-state index is 13.6. The van der Waals surface area contributed by atoms with Crippen molar-refractivity contribution in [3.05, 3.63) is 29.6 Å². The molecule has 0 saturated carbocycles. The van der Waals surface area contributed by atoms with Gasteiger partial charge in [0.15, 0.2) is 11.6 Å². The lowest BCUT2D eigenvalue weighted by molar-refractivity contribution is 0.279. The highest BCUT2D eigenvalue weighted by Gasteiger charge is 2.15. The molecule has 0 spiro atoms. The minimum Gasteiger partial charge on any atom is -0.494 e. The van der Waals surface area contributed by atoms with Gasteiger partial charge in [0, 0.05) is 6.04 Å². The van der Waals surface area contributed by atoms with Gasteiger partial charge in [-0.05, 0) is 51.2 Å². The van der Waals surface area contributed by atoms with Crippen LogP contribution in [0.4, 0.5) is 4.39 Å². The first-order valence-corrected chi connectivity index (χ1v) is 5.80. The molecule has 0 aliphatic carbocycles. The number of nitrogens with zero attached hydrogens (tertiary/aromatic N) is 1. The number of methoxy groups -OCH3 is 1. The van der Waals surface area contributed by atoms with Gasteiger partial charge in [0.1, 0.15) is 0 Å². The first-order chi connectivity index (χ1) is 8.10. The highest BCUT2D eigenvalue weighted by atomic mass is 19.1. The number of ether oxygens (including phenoxy) is 1. The van der Waals surface area contributed by atoms with Crippen molar-refractivity contribution in [3.8, 4) is 5.75 Å². The van der Waals surface area contributed by atoms with Crippen LogP contribution in [0.5, 0.6) is 5.75 Å². The molecule has 0 heterocycles. The van der Waals surface area contributed by atoms with E-state index in [0.717, 1.165) is 18.4 Å². The van der Waals surface area contributed by atoms with Crippen molar-refractivity contribution in [1.29, 1.82) is 0 Å². The molecule has 17 heavy (non-hydrogen) atoms. The zero-order valence-corrected chi connectivity index (χ0v) is 10.7. The molecule has 4 heteroatoms. The van der Waals surface area contributed by atoms with Crippen LogP contribution >= 0.6 is 0 Å². The fourth-order valence-electron chi connectivity index (χ4n) is 1.92. The fourth-order valence-corrected chi connectivity index (χ4v) is 1.92. The van der Waals surface area contributed by atoms with E-state index in [1.165, 1.54) is 7.11 Å². The molecular formula is C13H21FN2O. The second-order valence-corrected chi connectivity index (χ2v) is 4.30. The average Bonchev–Trinajstić information content (AvgIpc) is 2.29. The molecule has 0 aliphatic rings. The SMILES string of the molecule is COc1ccc(C(CCCN)N(C)C)cc1F. The minimum absolute atomic E-state index is 0.193. The van der Waals surface area contributed by atoms with Crippen molar-refractivity contribution in [3.63, 3.8) is 0 Å². The number of nitrogens with two attached hydrogens (primary N) is 1. The van der Waals surface area contributed by atoms with Crippen LogP contribution in [-0.2, 0) is 0 Å². The molecule has 1 aromatic carbocycles. The summed E-state index contributed by atoms with van der Waals surface area (Å²) in [5.41, 5.74) is 6.48. The lowest BCUT2D eigenvalue weighted by atomic mass is 10.0. The van der Waals surface area contributed by atoms with Crippen LogP contribution < -0.4 is 10.5 Å². The third kappa shape index (κ3) is 3.68. The van der Waals surface area contributed by atoms with Gasteiger partial charge in [-0.1, -0.05) is 6.07 Å². The van der Waals surface area contributed by atoms with Crippen LogP contribution in [0.3, 0.4) is 0 Å². The minimum atomic E-state index is -0.315. The average molecular weight is 240 g/mol. The lowest BCUT2D eigenvalue weighted by Crippen LogP contribution is -2.21. The molecular weight excluding hydrogens is 219 g/mol. The van der Waals surface area contributed by atoms with E-state index in [2.05, 4.69) is 4.90 Å². The Bertz CT molecular complexity index is 355. The molecule has 0 aromatic heterocycles. The Kier molecular flexibility index (Phi) is 5.38. The van der Waals surface area contributed by atoms with E-state index in [1.807, 2.05) is 20.2 Å². The molecule has 2 N–H and O–H groups in total. The summed E-state index contributed by atoms with van der Waals surface area (Å²) < 4.78 is 18.5. The van der Waals surface area contributed by atoms with Crippen molar-refractivity contribution in [2.45, 2.75) is 18.9 Å². The van der Waals surface area contributed by atoms with E-state index in [-0.39, 0.29) is 17.6 Å². The summed E-state index contributed by atoms with van der Waals surface area (Å²) in [5, 5.41) is 0. The van der Waals surface area contributed by atoms with Crippen LogP contribution in [0.1, 0.15) is 24.4 Å². The fraction of sp³-hybridized carbons (Fsp3) is 0.538. The van der Waals surface area contributed by atoms with E-state index < -0.39 is 0 Å². The number of hydrogen-bond acceptors (Lipinski definition) is 3. The molecule has 3 nitrogen and oxygen atoms in total. The number of halogens is 1. The summed E-state index contributed by atoms with van der Waals surface area (Å²) in [6, 6.07) is 5.31. The lowest BCUT2D eigenvalue weighted by Gasteiger charge is -2.25. The van der Waals surface area contributed by atoms with Crippen LogP contribution in [0.25, 0.3) is 0 Å². The van der Waals surface area contributed by atoms with Gasteiger partial charge in [0.05, 0.1) is 7.11 Å². The second kappa shape index (κ2) is 6.57. The summed E-state index contributed by atoms with van der Waals surface area (Å²) in [4.78, 5) is 2.08. The van der Waals surface area contributed by atoms with Crippen molar-refractivity contribution < 1.29 is 9.13 Å². The van der Waals surface area contributed by atoms with Gasteiger partial charge in [0.25, 0.3) is 0 Å². The molecule has 0 fully saturated rings. The van der Waals surface area contributed by atoms with Crippen LogP contribution in [0, 0.1) is 5.82 Å². The van der Waals surface area contributed by atoms with Gasteiger partial charge in [-0.25, -0.2) is 4.39 Å².